The second kappa shape index (κ2) is 6.97. The van der Waals surface area contributed by atoms with Crippen molar-refractivity contribution in [1.29, 1.82) is 0 Å². The van der Waals surface area contributed by atoms with E-state index in [1.165, 1.54) is 12.4 Å². The molecule has 0 unspecified atom stereocenters. The van der Waals surface area contributed by atoms with Crippen LogP contribution in [0.2, 0.25) is 5.02 Å². The highest BCUT2D eigenvalue weighted by atomic mass is 35.5. The van der Waals surface area contributed by atoms with E-state index in [9.17, 15) is 9.59 Å². The van der Waals surface area contributed by atoms with Gasteiger partial charge in [0.1, 0.15) is 0 Å². The molecule has 1 aromatic heterocycles. The number of nitrogens with one attached hydrogen (secondary N) is 2. The molecule has 0 radical (unpaired) electrons. The van der Waals surface area contributed by atoms with Crippen LogP contribution >= 0.6 is 11.6 Å². The number of hydrogen-bond acceptors (Lipinski definition) is 5. The number of hydrogen-bond donors (Lipinski definition) is 2. The number of aromatic nitrogens is 1. The van der Waals surface area contributed by atoms with E-state index in [1.54, 1.807) is 6.07 Å². The van der Waals surface area contributed by atoms with E-state index in [4.69, 9.17) is 16.3 Å². The number of fused-ring (bicyclic) bond motifs is 1. The van der Waals surface area contributed by atoms with Gasteiger partial charge in [0, 0.05) is 49.9 Å². The SMILES string of the molecule is O=C(CN1C[C@@H]2[C@H](CNC(=O)c3cncc(Cl)c3)[C@H]3CC[C@]2(C1)O3)NC1CC1. The largest absolute Gasteiger partial charge is 0.370 e. The Labute approximate surface area is 169 Å². The number of ether oxygens (including phenoxy) is 1. The topological polar surface area (TPSA) is 83.6 Å². The maximum Gasteiger partial charge on any atom is 0.252 e. The van der Waals surface area contributed by atoms with Gasteiger partial charge >= 0.3 is 0 Å². The Hall–Kier alpha value is -1.70. The molecular weight excluding hydrogens is 380 g/mol. The van der Waals surface area contributed by atoms with E-state index in [-0.39, 0.29) is 29.4 Å². The van der Waals surface area contributed by atoms with Crippen LogP contribution in [0.3, 0.4) is 0 Å². The van der Waals surface area contributed by atoms with Gasteiger partial charge in [0.15, 0.2) is 0 Å². The number of carbonyl (C=O) groups excluding carboxylic acids is 2. The van der Waals surface area contributed by atoms with E-state index >= 15 is 0 Å². The van der Waals surface area contributed by atoms with Crippen molar-refractivity contribution < 1.29 is 14.3 Å². The Morgan fingerprint density at radius 3 is 2.96 bits per heavy atom. The third kappa shape index (κ3) is 3.40. The highest BCUT2D eigenvalue weighted by Crippen LogP contribution is 2.54. The van der Waals surface area contributed by atoms with Crippen molar-refractivity contribution >= 4 is 23.4 Å². The zero-order valence-electron chi connectivity index (χ0n) is 15.7. The lowest BCUT2D eigenvalue weighted by Crippen LogP contribution is -2.41. The fraction of sp³-hybridized carbons (Fsp3) is 0.650. The molecule has 8 heteroatoms. The summed E-state index contributed by atoms with van der Waals surface area (Å²) in [6.07, 6.45) is 7.52. The number of amides is 2. The molecule has 4 atom stereocenters. The lowest BCUT2D eigenvalue weighted by Gasteiger charge is -2.29. The van der Waals surface area contributed by atoms with Gasteiger partial charge in [-0.15, -0.1) is 0 Å². The van der Waals surface area contributed by atoms with Crippen molar-refractivity contribution in [2.75, 3.05) is 26.2 Å². The Morgan fingerprint density at radius 1 is 1.32 bits per heavy atom. The van der Waals surface area contributed by atoms with E-state index < -0.39 is 0 Å². The van der Waals surface area contributed by atoms with Crippen LogP contribution in [0.1, 0.15) is 36.0 Å². The van der Waals surface area contributed by atoms with Gasteiger partial charge in [-0.25, -0.2) is 0 Å². The van der Waals surface area contributed by atoms with Crippen molar-refractivity contribution in [3.05, 3.63) is 29.0 Å². The summed E-state index contributed by atoms with van der Waals surface area (Å²) in [6, 6.07) is 2.02. The first-order valence-electron chi connectivity index (χ1n) is 10.1. The molecule has 2 amide bonds. The minimum atomic E-state index is -0.162. The first-order valence-corrected chi connectivity index (χ1v) is 10.5. The smallest absolute Gasteiger partial charge is 0.252 e. The number of halogens is 1. The molecule has 5 rings (SSSR count). The molecule has 1 aromatic rings. The molecule has 28 heavy (non-hydrogen) atoms. The molecule has 4 fully saturated rings. The summed E-state index contributed by atoms with van der Waals surface area (Å²) in [5.74, 6) is 0.594. The van der Waals surface area contributed by atoms with Crippen LogP contribution in [0.25, 0.3) is 0 Å². The molecule has 7 nitrogen and oxygen atoms in total. The molecule has 3 saturated heterocycles. The molecule has 1 spiro atoms. The fourth-order valence-electron chi connectivity index (χ4n) is 5.23. The first kappa shape index (κ1) is 18.3. The summed E-state index contributed by atoms with van der Waals surface area (Å²) in [7, 11) is 0. The van der Waals surface area contributed by atoms with Crippen molar-refractivity contribution in [2.45, 2.75) is 43.4 Å². The van der Waals surface area contributed by atoms with Gasteiger partial charge in [-0.2, -0.15) is 0 Å². The van der Waals surface area contributed by atoms with Gasteiger partial charge in [-0.1, -0.05) is 11.6 Å². The van der Waals surface area contributed by atoms with Crippen LogP contribution in [0, 0.1) is 11.8 Å². The van der Waals surface area contributed by atoms with Gasteiger partial charge in [-0.05, 0) is 31.7 Å². The third-order valence-corrected chi connectivity index (χ3v) is 6.84. The standard InChI is InChI=1S/C20H25ClN4O3/c21-13-5-12(6-22-7-13)19(27)23-8-15-16-9-25(10-18(26)24-14-1-2-14)11-20(16)4-3-17(15)28-20/h5-7,14-17H,1-4,8-11H2,(H,23,27)(H,24,26)/t15-,16+,17+,20+/m0/s1. The van der Waals surface area contributed by atoms with Gasteiger partial charge in [0.2, 0.25) is 5.91 Å². The van der Waals surface area contributed by atoms with Crippen LogP contribution in [0.15, 0.2) is 18.5 Å². The summed E-state index contributed by atoms with van der Waals surface area (Å²) < 4.78 is 6.40. The van der Waals surface area contributed by atoms with Crippen molar-refractivity contribution in [2.24, 2.45) is 11.8 Å². The van der Waals surface area contributed by atoms with Gasteiger partial charge in [0.05, 0.1) is 28.8 Å². The molecule has 1 saturated carbocycles. The average molecular weight is 405 g/mol. The van der Waals surface area contributed by atoms with Crippen LogP contribution in [-0.2, 0) is 9.53 Å². The fourth-order valence-corrected chi connectivity index (χ4v) is 5.41. The van der Waals surface area contributed by atoms with Crippen LogP contribution in [0.5, 0.6) is 0 Å². The van der Waals surface area contributed by atoms with Crippen LogP contribution in [0.4, 0.5) is 0 Å². The normalized spacial score (nSPS) is 33.7. The molecular formula is C20H25ClN4O3. The lowest BCUT2D eigenvalue weighted by atomic mass is 9.73. The zero-order chi connectivity index (χ0) is 19.3. The van der Waals surface area contributed by atoms with E-state index in [1.807, 2.05) is 0 Å². The molecule has 0 aromatic carbocycles. The monoisotopic (exact) mass is 404 g/mol. The molecule has 4 aliphatic rings. The van der Waals surface area contributed by atoms with Crippen molar-refractivity contribution in [1.82, 2.24) is 20.5 Å². The summed E-state index contributed by atoms with van der Waals surface area (Å²) in [5, 5.41) is 6.55. The highest BCUT2D eigenvalue weighted by molar-refractivity contribution is 6.30. The maximum atomic E-state index is 12.5. The summed E-state index contributed by atoms with van der Waals surface area (Å²) in [5.41, 5.74) is 0.327. The second-order valence-electron chi connectivity index (χ2n) is 8.64. The van der Waals surface area contributed by atoms with Crippen LogP contribution in [-0.4, -0.2) is 65.6 Å². The van der Waals surface area contributed by atoms with E-state index in [0.29, 0.717) is 35.6 Å². The van der Waals surface area contributed by atoms with Crippen molar-refractivity contribution in [3.8, 4) is 0 Å². The number of nitrogens with zero attached hydrogens (tertiary/aromatic N) is 2. The Bertz CT molecular complexity index is 801. The summed E-state index contributed by atoms with van der Waals surface area (Å²) in [6.45, 7) is 2.68. The Balaban J connectivity index is 1.20. The predicted octanol–water partition coefficient (Wildman–Crippen LogP) is 1.22. The summed E-state index contributed by atoms with van der Waals surface area (Å²) >= 11 is 5.93. The minimum absolute atomic E-state index is 0.117. The molecule has 2 N–H and O–H groups in total. The molecule has 4 heterocycles. The van der Waals surface area contributed by atoms with E-state index in [2.05, 4.69) is 20.5 Å². The quantitative estimate of drug-likeness (QED) is 0.745. The Morgan fingerprint density at radius 2 is 2.18 bits per heavy atom. The number of carbonyl (C=O) groups is 2. The number of likely N-dealkylation sites (tertiary alicyclic amines) is 1. The number of rotatable bonds is 6. The predicted molar refractivity (Wildman–Crippen MR) is 103 cm³/mol. The Kier molecular flexibility index (Phi) is 4.56. The number of pyridine rings is 1. The van der Waals surface area contributed by atoms with Gasteiger partial charge < -0.3 is 15.4 Å². The van der Waals surface area contributed by atoms with E-state index in [0.717, 1.165) is 38.8 Å². The molecule has 1 aliphatic carbocycles. The van der Waals surface area contributed by atoms with Crippen LogP contribution < -0.4 is 10.6 Å². The highest BCUT2D eigenvalue weighted by Gasteiger charge is 2.62. The lowest BCUT2D eigenvalue weighted by molar-refractivity contribution is -0.122. The summed E-state index contributed by atoms with van der Waals surface area (Å²) in [4.78, 5) is 30.8. The third-order valence-electron chi connectivity index (χ3n) is 6.63. The minimum Gasteiger partial charge on any atom is -0.370 e. The maximum absolute atomic E-state index is 12.5. The molecule has 150 valence electrons. The molecule has 2 bridgehead atoms. The zero-order valence-corrected chi connectivity index (χ0v) is 16.5. The van der Waals surface area contributed by atoms with Gasteiger partial charge in [0.25, 0.3) is 5.91 Å². The average Bonchev–Trinajstić information content (AvgIpc) is 3.16. The first-order chi connectivity index (χ1) is 13.5. The second-order valence-corrected chi connectivity index (χ2v) is 9.08. The van der Waals surface area contributed by atoms with Crippen molar-refractivity contribution in [3.63, 3.8) is 0 Å². The van der Waals surface area contributed by atoms with Gasteiger partial charge in [-0.3, -0.25) is 19.5 Å². The molecule has 3 aliphatic heterocycles.